The van der Waals surface area contributed by atoms with Crippen LogP contribution in [-0.4, -0.2) is 16.6 Å². The van der Waals surface area contributed by atoms with Gasteiger partial charge in [-0.25, -0.2) is 4.98 Å². The summed E-state index contributed by atoms with van der Waals surface area (Å²) >= 11 is 0. The molecule has 0 aromatic carbocycles. The highest BCUT2D eigenvalue weighted by Gasteiger charge is 2.25. The average Bonchev–Trinajstić information content (AvgIpc) is 2.47. The number of hydrogen-bond donors (Lipinski definition) is 1. The summed E-state index contributed by atoms with van der Waals surface area (Å²) in [5.74, 6) is 1.67. The molecule has 0 amide bonds. The number of nitrogens with one attached hydrogen (secondary N) is 1. The van der Waals surface area contributed by atoms with E-state index in [2.05, 4.69) is 49.6 Å². The molecule has 0 aliphatic rings. The summed E-state index contributed by atoms with van der Waals surface area (Å²) in [6.45, 7) is 9.17. The van der Waals surface area contributed by atoms with Crippen LogP contribution in [0.1, 0.15) is 33.4 Å². The first-order chi connectivity index (χ1) is 6.88. The SMILES string of the molecule is CNc1ncn(C)c1CC(C)(C)C(C)C. The maximum atomic E-state index is 4.33. The molecule has 3 heteroatoms. The second-order valence-electron chi connectivity index (χ2n) is 5.22. The van der Waals surface area contributed by atoms with Crippen molar-refractivity contribution in [3.05, 3.63) is 12.0 Å². The molecule has 0 aliphatic heterocycles. The van der Waals surface area contributed by atoms with Crippen molar-refractivity contribution >= 4 is 5.82 Å². The normalized spacial score (nSPS) is 12.2. The molecule has 0 aliphatic carbocycles. The highest BCUT2D eigenvalue weighted by Crippen LogP contribution is 2.32. The molecule has 0 bridgehead atoms. The highest BCUT2D eigenvalue weighted by molar-refractivity contribution is 5.40. The lowest BCUT2D eigenvalue weighted by molar-refractivity contribution is 0.244. The Morgan fingerprint density at radius 2 is 2.07 bits per heavy atom. The van der Waals surface area contributed by atoms with E-state index in [9.17, 15) is 0 Å². The molecule has 0 saturated heterocycles. The second-order valence-corrected chi connectivity index (χ2v) is 5.22. The summed E-state index contributed by atoms with van der Waals surface area (Å²) in [5, 5.41) is 3.15. The minimum absolute atomic E-state index is 0.305. The first kappa shape index (κ1) is 12.1. The Morgan fingerprint density at radius 1 is 1.47 bits per heavy atom. The fraction of sp³-hybridized carbons (Fsp3) is 0.750. The van der Waals surface area contributed by atoms with E-state index in [-0.39, 0.29) is 0 Å². The van der Waals surface area contributed by atoms with E-state index in [4.69, 9.17) is 0 Å². The van der Waals surface area contributed by atoms with E-state index in [0.29, 0.717) is 11.3 Å². The third-order valence-corrected chi connectivity index (χ3v) is 3.48. The number of aryl methyl sites for hydroxylation is 1. The van der Waals surface area contributed by atoms with Crippen molar-refractivity contribution in [2.24, 2.45) is 18.4 Å². The smallest absolute Gasteiger partial charge is 0.147 e. The molecule has 0 atom stereocenters. The summed E-state index contributed by atoms with van der Waals surface area (Å²) in [7, 11) is 3.98. The molecule has 3 nitrogen and oxygen atoms in total. The maximum absolute atomic E-state index is 4.33. The molecule has 0 fully saturated rings. The molecule has 1 aromatic rings. The molecule has 86 valence electrons. The third kappa shape index (κ3) is 2.52. The van der Waals surface area contributed by atoms with Crippen LogP contribution in [0.15, 0.2) is 6.33 Å². The van der Waals surface area contributed by atoms with Crippen LogP contribution in [0.4, 0.5) is 5.82 Å². The molecule has 0 saturated carbocycles. The monoisotopic (exact) mass is 209 g/mol. The van der Waals surface area contributed by atoms with Gasteiger partial charge in [-0.3, -0.25) is 0 Å². The number of hydrogen-bond acceptors (Lipinski definition) is 2. The quantitative estimate of drug-likeness (QED) is 0.826. The standard InChI is InChI=1S/C12H23N3/c1-9(2)12(3,4)7-10-11(13-5)14-8-15(10)6/h8-9,13H,7H2,1-6H3. The Labute approximate surface area is 92.9 Å². The zero-order valence-corrected chi connectivity index (χ0v) is 10.8. The van der Waals surface area contributed by atoms with Gasteiger partial charge in [0.15, 0.2) is 0 Å². The first-order valence-electron chi connectivity index (χ1n) is 5.56. The predicted molar refractivity (Wildman–Crippen MR) is 65.1 cm³/mol. The van der Waals surface area contributed by atoms with Gasteiger partial charge in [-0.05, 0) is 17.8 Å². The van der Waals surface area contributed by atoms with Gasteiger partial charge in [0.1, 0.15) is 5.82 Å². The second kappa shape index (κ2) is 4.25. The van der Waals surface area contributed by atoms with E-state index in [1.807, 2.05) is 13.4 Å². The van der Waals surface area contributed by atoms with Crippen LogP contribution in [0.2, 0.25) is 0 Å². The molecule has 1 N–H and O–H groups in total. The molecule has 1 aromatic heterocycles. The van der Waals surface area contributed by atoms with Gasteiger partial charge in [0.05, 0.1) is 12.0 Å². The average molecular weight is 209 g/mol. The van der Waals surface area contributed by atoms with Gasteiger partial charge in [0.2, 0.25) is 0 Å². The number of rotatable bonds is 4. The molecular formula is C12H23N3. The lowest BCUT2D eigenvalue weighted by atomic mass is 9.77. The fourth-order valence-corrected chi connectivity index (χ4v) is 1.51. The largest absolute Gasteiger partial charge is 0.372 e. The number of imidazole rings is 1. The Balaban J connectivity index is 2.93. The van der Waals surface area contributed by atoms with Crippen LogP contribution in [0.5, 0.6) is 0 Å². The van der Waals surface area contributed by atoms with Gasteiger partial charge < -0.3 is 9.88 Å². The summed E-state index contributed by atoms with van der Waals surface area (Å²) in [6, 6.07) is 0. The Bertz CT molecular complexity index is 324. The van der Waals surface area contributed by atoms with Crippen LogP contribution in [0, 0.1) is 11.3 Å². The van der Waals surface area contributed by atoms with Gasteiger partial charge in [-0.1, -0.05) is 27.7 Å². The zero-order chi connectivity index (χ0) is 11.6. The van der Waals surface area contributed by atoms with Crippen LogP contribution in [-0.2, 0) is 13.5 Å². The van der Waals surface area contributed by atoms with E-state index in [0.717, 1.165) is 12.2 Å². The molecule has 1 rings (SSSR count). The Hall–Kier alpha value is -0.990. The number of nitrogens with zero attached hydrogens (tertiary/aromatic N) is 2. The van der Waals surface area contributed by atoms with E-state index >= 15 is 0 Å². The minimum atomic E-state index is 0.305. The van der Waals surface area contributed by atoms with Crippen molar-refractivity contribution in [2.75, 3.05) is 12.4 Å². The minimum Gasteiger partial charge on any atom is -0.372 e. The van der Waals surface area contributed by atoms with Crippen molar-refractivity contribution < 1.29 is 0 Å². The van der Waals surface area contributed by atoms with Gasteiger partial charge in [-0.2, -0.15) is 0 Å². The molecule has 0 unspecified atom stereocenters. The molecule has 0 spiro atoms. The maximum Gasteiger partial charge on any atom is 0.147 e. The molecule has 1 heterocycles. The zero-order valence-electron chi connectivity index (χ0n) is 10.8. The lowest BCUT2D eigenvalue weighted by Gasteiger charge is -2.29. The summed E-state index contributed by atoms with van der Waals surface area (Å²) in [6.07, 6.45) is 2.93. The Kier molecular flexibility index (Phi) is 3.42. The van der Waals surface area contributed by atoms with Crippen molar-refractivity contribution in [2.45, 2.75) is 34.1 Å². The first-order valence-corrected chi connectivity index (χ1v) is 5.56. The van der Waals surface area contributed by atoms with E-state index in [1.54, 1.807) is 0 Å². The predicted octanol–water partition coefficient (Wildman–Crippen LogP) is 2.69. The summed E-state index contributed by atoms with van der Waals surface area (Å²) < 4.78 is 2.11. The van der Waals surface area contributed by atoms with Crippen LogP contribution < -0.4 is 5.32 Å². The van der Waals surface area contributed by atoms with Crippen LogP contribution >= 0.6 is 0 Å². The molecule has 15 heavy (non-hydrogen) atoms. The lowest BCUT2D eigenvalue weighted by Crippen LogP contribution is -2.23. The number of anilines is 1. The number of aromatic nitrogens is 2. The van der Waals surface area contributed by atoms with E-state index in [1.165, 1.54) is 5.69 Å². The topological polar surface area (TPSA) is 29.9 Å². The van der Waals surface area contributed by atoms with Crippen LogP contribution in [0.25, 0.3) is 0 Å². The van der Waals surface area contributed by atoms with Crippen LogP contribution in [0.3, 0.4) is 0 Å². The van der Waals surface area contributed by atoms with Crippen molar-refractivity contribution in [3.63, 3.8) is 0 Å². The van der Waals surface area contributed by atoms with Gasteiger partial charge in [0, 0.05) is 14.1 Å². The van der Waals surface area contributed by atoms with Gasteiger partial charge in [0.25, 0.3) is 0 Å². The highest BCUT2D eigenvalue weighted by atomic mass is 15.1. The Morgan fingerprint density at radius 3 is 2.53 bits per heavy atom. The third-order valence-electron chi connectivity index (χ3n) is 3.48. The van der Waals surface area contributed by atoms with Gasteiger partial charge in [-0.15, -0.1) is 0 Å². The van der Waals surface area contributed by atoms with Crippen molar-refractivity contribution in [3.8, 4) is 0 Å². The molecular weight excluding hydrogens is 186 g/mol. The van der Waals surface area contributed by atoms with E-state index < -0.39 is 0 Å². The summed E-state index contributed by atoms with van der Waals surface area (Å²) in [5.41, 5.74) is 1.59. The van der Waals surface area contributed by atoms with Gasteiger partial charge >= 0.3 is 0 Å². The van der Waals surface area contributed by atoms with Crippen molar-refractivity contribution in [1.82, 2.24) is 9.55 Å². The summed E-state index contributed by atoms with van der Waals surface area (Å²) in [4.78, 5) is 4.33. The molecule has 0 radical (unpaired) electrons. The fourth-order valence-electron chi connectivity index (χ4n) is 1.51. The van der Waals surface area contributed by atoms with Crippen molar-refractivity contribution in [1.29, 1.82) is 0 Å².